The summed E-state index contributed by atoms with van der Waals surface area (Å²) in [5.74, 6) is 0.833. The van der Waals surface area contributed by atoms with Gasteiger partial charge in [0.15, 0.2) is 0 Å². The topological polar surface area (TPSA) is 0 Å². The van der Waals surface area contributed by atoms with Gasteiger partial charge < -0.3 is 0 Å². The predicted octanol–water partition coefficient (Wildman–Crippen LogP) is 2.81. The highest BCUT2D eigenvalue weighted by atomic mass is 35.5. The van der Waals surface area contributed by atoms with Crippen molar-refractivity contribution >= 4 is 11.6 Å². The van der Waals surface area contributed by atoms with Crippen molar-refractivity contribution in [1.29, 1.82) is 0 Å². The lowest BCUT2D eigenvalue weighted by molar-refractivity contribution is 0.705. The molecule has 0 atom stereocenters. The molecular weight excluding hydrogens is 108 g/mol. The predicted molar refractivity (Wildman–Crippen MR) is 34.9 cm³/mol. The highest BCUT2D eigenvalue weighted by molar-refractivity contribution is 6.17. The van der Waals surface area contributed by atoms with Crippen molar-refractivity contribution in [1.82, 2.24) is 0 Å². The third-order valence-electron chi connectivity index (χ3n) is 0.987. The van der Waals surface area contributed by atoms with Gasteiger partial charge in [-0.05, 0) is 6.42 Å². The van der Waals surface area contributed by atoms with Crippen LogP contribution in [0.2, 0.25) is 0 Å². The van der Waals surface area contributed by atoms with Gasteiger partial charge in [-0.25, -0.2) is 0 Å². The van der Waals surface area contributed by atoms with Gasteiger partial charge in [0, 0.05) is 5.88 Å². The van der Waals surface area contributed by atoms with Crippen molar-refractivity contribution in [2.75, 3.05) is 5.88 Å². The van der Waals surface area contributed by atoms with E-state index in [1.165, 1.54) is 25.7 Å². The normalized spacial score (nSPS) is 9.43. The summed E-state index contributed by atoms with van der Waals surface area (Å²) in [6.45, 7) is 2.20. The van der Waals surface area contributed by atoms with E-state index >= 15 is 0 Å². The van der Waals surface area contributed by atoms with Crippen LogP contribution in [0.25, 0.3) is 0 Å². The fourth-order valence-corrected chi connectivity index (χ4v) is 0.710. The zero-order valence-electron chi connectivity index (χ0n) is 4.91. The van der Waals surface area contributed by atoms with Crippen LogP contribution >= 0.6 is 11.6 Å². The van der Waals surface area contributed by atoms with Crippen LogP contribution in [-0.2, 0) is 0 Å². The Morgan fingerprint density at radius 1 is 1.14 bits per heavy atom. The van der Waals surface area contributed by atoms with E-state index in [1.807, 2.05) is 0 Å². The van der Waals surface area contributed by atoms with E-state index in [0.717, 1.165) is 5.88 Å². The molecule has 0 aromatic carbocycles. The summed E-state index contributed by atoms with van der Waals surface area (Å²) in [7, 11) is 0. The van der Waals surface area contributed by atoms with Gasteiger partial charge in [-0.3, -0.25) is 0 Å². The molecular formula is C6H13Cl. The highest BCUT2D eigenvalue weighted by Gasteiger charge is 1.81. The second-order valence-electron chi connectivity index (χ2n) is 1.75. The van der Waals surface area contributed by atoms with Crippen LogP contribution in [0.3, 0.4) is 0 Å². The summed E-state index contributed by atoms with van der Waals surface area (Å²) in [6, 6.07) is 0. The SMILES string of the molecule is CCCCCCCl. The first kappa shape index (κ1) is 7.29. The Morgan fingerprint density at radius 3 is 2.29 bits per heavy atom. The van der Waals surface area contributed by atoms with Crippen molar-refractivity contribution in [2.45, 2.75) is 32.6 Å². The summed E-state index contributed by atoms with van der Waals surface area (Å²) >= 11 is 5.44. The molecule has 0 aliphatic rings. The fraction of sp³-hybridized carbons (Fsp3) is 1.00. The van der Waals surface area contributed by atoms with Crippen LogP contribution in [0.15, 0.2) is 0 Å². The molecule has 0 aliphatic carbocycles. The van der Waals surface area contributed by atoms with E-state index in [9.17, 15) is 0 Å². The first-order valence-corrected chi connectivity index (χ1v) is 3.51. The number of hydrogen-bond acceptors (Lipinski definition) is 0. The van der Waals surface area contributed by atoms with Crippen molar-refractivity contribution in [3.05, 3.63) is 0 Å². The fourth-order valence-electron chi connectivity index (χ4n) is 0.521. The summed E-state index contributed by atoms with van der Waals surface area (Å²) < 4.78 is 0. The molecule has 0 amide bonds. The number of unbranched alkanes of at least 4 members (excludes halogenated alkanes) is 3. The Labute approximate surface area is 50.9 Å². The Morgan fingerprint density at radius 2 is 1.86 bits per heavy atom. The van der Waals surface area contributed by atoms with Gasteiger partial charge >= 0.3 is 0 Å². The van der Waals surface area contributed by atoms with Crippen LogP contribution in [0.4, 0.5) is 0 Å². The summed E-state index contributed by atoms with van der Waals surface area (Å²) in [4.78, 5) is 0. The molecule has 0 spiro atoms. The van der Waals surface area contributed by atoms with E-state index < -0.39 is 0 Å². The molecule has 0 radical (unpaired) electrons. The summed E-state index contributed by atoms with van der Waals surface area (Å²) in [6.07, 6.45) is 5.14. The Kier molecular flexibility index (Phi) is 6.55. The second-order valence-corrected chi connectivity index (χ2v) is 2.13. The summed E-state index contributed by atoms with van der Waals surface area (Å²) in [5.41, 5.74) is 0. The molecule has 0 unspecified atom stereocenters. The van der Waals surface area contributed by atoms with E-state index in [0.29, 0.717) is 0 Å². The molecule has 0 aliphatic heterocycles. The third-order valence-corrected chi connectivity index (χ3v) is 1.25. The van der Waals surface area contributed by atoms with Gasteiger partial charge in [0.25, 0.3) is 0 Å². The lowest BCUT2D eigenvalue weighted by Crippen LogP contribution is -1.74. The van der Waals surface area contributed by atoms with Crippen molar-refractivity contribution in [2.24, 2.45) is 0 Å². The minimum absolute atomic E-state index is 0.833. The first-order valence-electron chi connectivity index (χ1n) is 2.97. The molecule has 1 heteroatoms. The molecule has 0 nitrogen and oxygen atoms in total. The molecule has 7 heavy (non-hydrogen) atoms. The zero-order valence-corrected chi connectivity index (χ0v) is 5.67. The standard InChI is InChI=1S/C6H13Cl/c1-2-3-4-5-6-7/h2-6H2,1H3. The maximum Gasteiger partial charge on any atom is 0.0223 e. The number of hydrogen-bond donors (Lipinski definition) is 0. The van der Waals surface area contributed by atoms with E-state index in [-0.39, 0.29) is 0 Å². The van der Waals surface area contributed by atoms with Crippen molar-refractivity contribution < 1.29 is 0 Å². The average molecular weight is 121 g/mol. The zero-order chi connectivity index (χ0) is 5.54. The molecule has 44 valence electrons. The smallest absolute Gasteiger partial charge is 0.0223 e. The minimum Gasteiger partial charge on any atom is -0.127 e. The molecule has 0 N–H and O–H groups in total. The van der Waals surface area contributed by atoms with Gasteiger partial charge in [0.05, 0.1) is 0 Å². The molecule has 0 aromatic heterocycles. The molecule has 0 saturated carbocycles. The number of rotatable bonds is 4. The molecule has 0 aromatic rings. The molecule has 0 fully saturated rings. The number of halogens is 1. The third kappa shape index (κ3) is 6.29. The molecule has 0 saturated heterocycles. The number of alkyl halides is 1. The lowest BCUT2D eigenvalue weighted by Gasteiger charge is -1.89. The first-order chi connectivity index (χ1) is 3.41. The van der Waals surface area contributed by atoms with Crippen molar-refractivity contribution in [3.8, 4) is 0 Å². The van der Waals surface area contributed by atoms with Gasteiger partial charge in [-0.15, -0.1) is 11.6 Å². The van der Waals surface area contributed by atoms with Crippen molar-refractivity contribution in [3.63, 3.8) is 0 Å². The molecule has 0 heterocycles. The Hall–Kier alpha value is 0.290. The molecule has 0 bridgehead atoms. The summed E-state index contributed by atoms with van der Waals surface area (Å²) in [5, 5.41) is 0. The largest absolute Gasteiger partial charge is 0.127 e. The van der Waals surface area contributed by atoms with E-state index in [2.05, 4.69) is 6.92 Å². The van der Waals surface area contributed by atoms with E-state index in [4.69, 9.17) is 11.6 Å². The maximum absolute atomic E-state index is 5.44. The Bertz CT molecular complexity index is 23.4. The Balaban J connectivity index is 2.45. The van der Waals surface area contributed by atoms with Gasteiger partial charge in [-0.1, -0.05) is 26.2 Å². The monoisotopic (exact) mass is 120 g/mol. The van der Waals surface area contributed by atoms with Gasteiger partial charge in [-0.2, -0.15) is 0 Å². The molecule has 0 rings (SSSR count). The van der Waals surface area contributed by atoms with Crippen LogP contribution in [0.1, 0.15) is 32.6 Å². The maximum atomic E-state index is 5.44. The lowest BCUT2D eigenvalue weighted by atomic mass is 10.2. The minimum atomic E-state index is 0.833. The average Bonchev–Trinajstić information content (AvgIpc) is 1.69. The van der Waals surface area contributed by atoms with Gasteiger partial charge in [0.2, 0.25) is 0 Å². The quantitative estimate of drug-likeness (QED) is 0.395. The highest BCUT2D eigenvalue weighted by Crippen LogP contribution is 1.98. The van der Waals surface area contributed by atoms with Gasteiger partial charge in [0.1, 0.15) is 0 Å². The van der Waals surface area contributed by atoms with Crippen LogP contribution in [0.5, 0.6) is 0 Å². The second kappa shape index (κ2) is 6.29. The van der Waals surface area contributed by atoms with Crippen LogP contribution < -0.4 is 0 Å². The van der Waals surface area contributed by atoms with E-state index in [1.54, 1.807) is 0 Å². The van der Waals surface area contributed by atoms with Crippen LogP contribution in [0, 0.1) is 0 Å². The van der Waals surface area contributed by atoms with Crippen LogP contribution in [-0.4, -0.2) is 5.88 Å².